The molecular weight excluding hydrogens is 302 g/mol. The van der Waals surface area contributed by atoms with Gasteiger partial charge in [0.2, 0.25) is 5.91 Å². The molecule has 0 saturated carbocycles. The lowest BCUT2D eigenvalue weighted by atomic mass is 10.2. The Morgan fingerprint density at radius 3 is 2.50 bits per heavy atom. The van der Waals surface area contributed by atoms with Crippen LogP contribution in [-0.2, 0) is 9.53 Å². The lowest BCUT2D eigenvalue weighted by Crippen LogP contribution is -2.08. The van der Waals surface area contributed by atoms with Crippen LogP contribution >= 0.6 is 11.6 Å². The minimum atomic E-state index is -0.418. The van der Waals surface area contributed by atoms with Crippen LogP contribution < -0.4 is 5.32 Å². The second-order valence-corrected chi connectivity index (χ2v) is 4.88. The number of carbonyl (C=O) groups excluding carboxylic acids is 2. The molecule has 2 aromatic carbocycles. The number of nitrogens with one attached hydrogen (secondary N) is 1. The highest BCUT2D eigenvalue weighted by atomic mass is 35.5. The third-order valence-corrected chi connectivity index (χ3v) is 3.08. The highest BCUT2D eigenvalue weighted by Gasteiger charge is 2.05. The summed E-state index contributed by atoms with van der Waals surface area (Å²) in [5.41, 5.74) is 1.85. The summed E-state index contributed by atoms with van der Waals surface area (Å²) in [5.74, 6) is -0.690. The Labute approximate surface area is 133 Å². The van der Waals surface area contributed by atoms with E-state index in [4.69, 9.17) is 11.6 Å². The second-order valence-electron chi connectivity index (χ2n) is 4.45. The minimum Gasteiger partial charge on any atom is -0.465 e. The molecule has 1 amide bonds. The molecule has 0 aliphatic carbocycles. The number of anilines is 1. The predicted molar refractivity (Wildman–Crippen MR) is 86.9 cm³/mol. The van der Waals surface area contributed by atoms with Gasteiger partial charge in [0, 0.05) is 16.8 Å². The van der Waals surface area contributed by atoms with Crippen molar-refractivity contribution in [3.05, 3.63) is 70.8 Å². The fraction of sp³-hybridized carbons (Fsp3) is 0.0588. The lowest BCUT2D eigenvalue weighted by molar-refractivity contribution is -0.111. The number of halogens is 1. The van der Waals surface area contributed by atoms with Crippen molar-refractivity contribution in [2.24, 2.45) is 0 Å². The number of benzene rings is 2. The minimum absolute atomic E-state index is 0.272. The van der Waals surface area contributed by atoms with E-state index in [0.717, 1.165) is 5.56 Å². The number of esters is 1. The highest BCUT2D eigenvalue weighted by molar-refractivity contribution is 6.30. The van der Waals surface area contributed by atoms with Gasteiger partial charge in [-0.25, -0.2) is 4.79 Å². The summed E-state index contributed by atoms with van der Waals surface area (Å²) in [6.45, 7) is 0. The summed E-state index contributed by atoms with van der Waals surface area (Å²) in [4.78, 5) is 23.1. The Kier molecular flexibility index (Phi) is 5.33. The number of carbonyl (C=O) groups is 2. The molecule has 0 spiro atoms. The monoisotopic (exact) mass is 315 g/mol. The molecule has 0 heterocycles. The van der Waals surface area contributed by atoms with Crippen LogP contribution in [-0.4, -0.2) is 19.0 Å². The number of amides is 1. The maximum absolute atomic E-state index is 11.8. The highest BCUT2D eigenvalue weighted by Crippen LogP contribution is 2.13. The summed E-state index contributed by atoms with van der Waals surface area (Å²) >= 11 is 5.87. The van der Waals surface area contributed by atoms with E-state index in [1.165, 1.54) is 13.2 Å². The van der Waals surface area contributed by atoms with Gasteiger partial charge in [-0.2, -0.15) is 0 Å². The van der Waals surface area contributed by atoms with Gasteiger partial charge >= 0.3 is 5.97 Å². The van der Waals surface area contributed by atoms with Gasteiger partial charge in [0.25, 0.3) is 0 Å². The molecule has 1 N–H and O–H groups in total. The van der Waals surface area contributed by atoms with E-state index in [2.05, 4.69) is 10.1 Å². The molecule has 0 atom stereocenters. The number of rotatable bonds is 4. The Hall–Kier alpha value is -2.59. The third-order valence-electron chi connectivity index (χ3n) is 2.85. The molecule has 2 rings (SSSR count). The smallest absolute Gasteiger partial charge is 0.337 e. The zero-order chi connectivity index (χ0) is 15.9. The molecule has 0 fully saturated rings. The molecule has 0 aliphatic heterocycles. The summed E-state index contributed by atoms with van der Waals surface area (Å²) in [5, 5.41) is 3.31. The first-order chi connectivity index (χ1) is 10.6. The average Bonchev–Trinajstić information content (AvgIpc) is 2.53. The van der Waals surface area contributed by atoms with Crippen molar-refractivity contribution >= 4 is 35.2 Å². The fourth-order valence-electron chi connectivity index (χ4n) is 1.77. The Morgan fingerprint density at radius 1 is 1.14 bits per heavy atom. The average molecular weight is 316 g/mol. The SMILES string of the molecule is COC(=O)c1ccc(NC(=O)/C=C/c2cccc(Cl)c2)cc1. The Morgan fingerprint density at radius 2 is 1.86 bits per heavy atom. The Balaban J connectivity index is 1.98. The van der Waals surface area contributed by atoms with Crippen molar-refractivity contribution in [3.8, 4) is 0 Å². The first-order valence-electron chi connectivity index (χ1n) is 6.51. The third kappa shape index (κ3) is 4.46. The molecule has 0 aromatic heterocycles. The molecule has 22 heavy (non-hydrogen) atoms. The molecule has 0 unspecified atom stereocenters. The Bertz CT molecular complexity index is 708. The fourth-order valence-corrected chi connectivity index (χ4v) is 1.97. The first-order valence-corrected chi connectivity index (χ1v) is 6.89. The van der Waals surface area contributed by atoms with Crippen LogP contribution in [0.1, 0.15) is 15.9 Å². The van der Waals surface area contributed by atoms with Crippen molar-refractivity contribution in [3.63, 3.8) is 0 Å². The standard InChI is InChI=1S/C17H14ClNO3/c1-22-17(21)13-6-8-15(9-7-13)19-16(20)10-5-12-3-2-4-14(18)11-12/h2-11H,1H3,(H,19,20)/b10-5+. The van der Waals surface area contributed by atoms with Gasteiger partial charge in [-0.1, -0.05) is 23.7 Å². The molecule has 5 heteroatoms. The van der Waals surface area contributed by atoms with Gasteiger partial charge in [-0.15, -0.1) is 0 Å². The van der Waals surface area contributed by atoms with Crippen LogP contribution in [0.25, 0.3) is 6.08 Å². The van der Waals surface area contributed by atoms with Crippen molar-refractivity contribution in [2.75, 3.05) is 12.4 Å². The summed E-state index contributed by atoms with van der Waals surface area (Å²) < 4.78 is 4.61. The number of hydrogen-bond donors (Lipinski definition) is 1. The zero-order valence-corrected chi connectivity index (χ0v) is 12.6. The van der Waals surface area contributed by atoms with E-state index >= 15 is 0 Å². The summed E-state index contributed by atoms with van der Waals surface area (Å²) in [6.07, 6.45) is 3.09. The van der Waals surface area contributed by atoms with Gasteiger partial charge in [-0.05, 0) is 48.0 Å². The van der Waals surface area contributed by atoms with Crippen molar-refractivity contribution < 1.29 is 14.3 Å². The van der Waals surface area contributed by atoms with Gasteiger partial charge in [0.1, 0.15) is 0 Å². The first kappa shape index (κ1) is 15.8. The second kappa shape index (κ2) is 7.43. The molecule has 4 nitrogen and oxygen atoms in total. The predicted octanol–water partition coefficient (Wildman–Crippen LogP) is 3.78. The normalized spacial score (nSPS) is 10.5. The van der Waals surface area contributed by atoms with E-state index in [9.17, 15) is 9.59 Å². The van der Waals surface area contributed by atoms with Crippen LogP contribution in [0.4, 0.5) is 5.69 Å². The van der Waals surface area contributed by atoms with Gasteiger partial charge < -0.3 is 10.1 Å². The maximum atomic E-state index is 11.8. The van der Waals surface area contributed by atoms with Crippen molar-refractivity contribution in [1.82, 2.24) is 0 Å². The number of ether oxygens (including phenoxy) is 1. The van der Waals surface area contributed by atoms with Crippen molar-refractivity contribution in [1.29, 1.82) is 0 Å². The van der Waals surface area contributed by atoms with E-state index in [0.29, 0.717) is 16.3 Å². The van der Waals surface area contributed by atoms with E-state index in [-0.39, 0.29) is 5.91 Å². The molecule has 0 saturated heterocycles. The zero-order valence-electron chi connectivity index (χ0n) is 11.9. The van der Waals surface area contributed by atoms with Gasteiger partial charge in [0.15, 0.2) is 0 Å². The van der Waals surface area contributed by atoms with E-state index in [1.807, 2.05) is 12.1 Å². The summed E-state index contributed by atoms with van der Waals surface area (Å²) in [7, 11) is 1.32. The van der Waals surface area contributed by atoms with Crippen LogP contribution in [0.15, 0.2) is 54.6 Å². The van der Waals surface area contributed by atoms with Crippen LogP contribution in [0.5, 0.6) is 0 Å². The number of methoxy groups -OCH3 is 1. The molecule has 0 radical (unpaired) electrons. The van der Waals surface area contributed by atoms with Gasteiger partial charge in [0.05, 0.1) is 12.7 Å². The quantitative estimate of drug-likeness (QED) is 0.690. The topological polar surface area (TPSA) is 55.4 Å². The molecule has 0 aliphatic rings. The van der Waals surface area contributed by atoms with Crippen LogP contribution in [0.3, 0.4) is 0 Å². The van der Waals surface area contributed by atoms with Crippen LogP contribution in [0, 0.1) is 0 Å². The van der Waals surface area contributed by atoms with E-state index < -0.39 is 5.97 Å². The summed E-state index contributed by atoms with van der Waals surface area (Å²) in [6, 6.07) is 13.6. The molecule has 2 aromatic rings. The lowest BCUT2D eigenvalue weighted by Gasteiger charge is -2.03. The van der Waals surface area contributed by atoms with Crippen LogP contribution in [0.2, 0.25) is 5.02 Å². The van der Waals surface area contributed by atoms with E-state index in [1.54, 1.807) is 42.5 Å². The molecular formula is C17H14ClNO3. The van der Waals surface area contributed by atoms with Gasteiger partial charge in [-0.3, -0.25) is 4.79 Å². The molecule has 0 bridgehead atoms. The number of hydrogen-bond acceptors (Lipinski definition) is 3. The maximum Gasteiger partial charge on any atom is 0.337 e. The van der Waals surface area contributed by atoms with Crippen molar-refractivity contribution in [2.45, 2.75) is 0 Å². The molecule has 112 valence electrons. The largest absolute Gasteiger partial charge is 0.465 e.